The minimum atomic E-state index is 0.662. The number of benzene rings is 1. The van der Waals surface area contributed by atoms with E-state index in [4.69, 9.17) is 4.74 Å². The summed E-state index contributed by atoms with van der Waals surface area (Å²) in [6.07, 6.45) is 0. The van der Waals surface area contributed by atoms with Crippen LogP contribution in [0.15, 0.2) is 27.7 Å². The molecule has 1 atom stereocenters. The van der Waals surface area contributed by atoms with Gasteiger partial charge in [0.15, 0.2) is 5.17 Å². The van der Waals surface area contributed by atoms with Crippen molar-refractivity contribution in [3.05, 3.63) is 22.7 Å². The Hall–Kier alpha value is -0.680. The van der Waals surface area contributed by atoms with Crippen molar-refractivity contribution >= 4 is 38.5 Å². The molecule has 0 amide bonds. The van der Waals surface area contributed by atoms with Crippen molar-refractivity contribution in [2.45, 2.75) is 6.92 Å². The van der Waals surface area contributed by atoms with E-state index in [1.165, 1.54) is 0 Å². The smallest absolute Gasteiger partial charge is 0.161 e. The minimum absolute atomic E-state index is 0.662. The van der Waals surface area contributed by atoms with Gasteiger partial charge in [0.1, 0.15) is 5.75 Å². The predicted molar refractivity (Wildman–Crippen MR) is 78.2 cm³/mol. The molecule has 0 radical (unpaired) electrons. The van der Waals surface area contributed by atoms with Gasteiger partial charge in [-0.1, -0.05) is 34.6 Å². The molecule has 0 saturated heterocycles. The third kappa shape index (κ3) is 3.39. The highest BCUT2D eigenvalue weighted by Crippen LogP contribution is 2.29. The maximum Gasteiger partial charge on any atom is 0.161 e. The number of thioether (sulfide) groups is 1. The van der Waals surface area contributed by atoms with Crippen molar-refractivity contribution in [2.24, 2.45) is 10.9 Å². The number of anilines is 1. The van der Waals surface area contributed by atoms with Gasteiger partial charge in [0.05, 0.1) is 12.8 Å². The van der Waals surface area contributed by atoms with Gasteiger partial charge in [0, 0.05) is 16.8 Å². The molecule has 2 rings (SSSR count). The van der Waals surface area contributed by atoms with E-state index in [1.807, 2.05) is 18.2 Å². The number of amidine groups is 1. The Bertz CT molecular complexity index is 437. The Morgan fingerprint density at radius 2 is 2.35 bits per heavy atom. The summed E-state index contributed by atoms with van der Waals surface area (Å²) < 4.78 is 6.34. The number of rotatable bonds is 2. The second kappa shape index (κ2) is 5.78. The molecule has 1 heterocycles. The van der Waals surface area contributed by atoms with Gasteiger partial charge in [-0.15, -0.1) is 0 Å². The predicted octanol–water partition coefficient (Wildman–Crippen LogP) is 3.61. The van der Waals surface area contributed by atoms with Crippen LogP contribution in [0, 0.1) is 5.92 Å². The Balaban J connectivity index is 2.15. The van der Waals surface area contributed by atoms with E-state index in [9.17, 15) is 0 Å². The zero-order valence-electron chi connectivity index (χ0n) is 9.87. The van der Waals surface area contributed by atoms with Crippen LogP contribution in [0.25, 0.3) is 0 Å². The lowest BCUT2D eigenvalue weighted by atomic mass is 10.2. The zero-order valence-corrected chi connectivity index (χ0v) is 12.3. The number of nitrogens with one attached hydrogen (secondary N) is 1. The van der Waals surface area contributed by atoms with E-state index in [1.54, 1.807) is 18.9 Å². The van der Waals surface area contributed by atoms with E-state index in [0.717, 1.165) is 33.4 Å². The number of aliphatic imine (C=N–C) groups is 1. The van der Waals surface area contributed by atoms with Crippen LogP contribution in [0.5, 0.6) is 5.75 Å². The lowest BCUT2D eigenvalue weighted by molar-refractivity contribution is 0.417. The standard InChI is InChI=1S/C12H15BrN2OS/c1-8-6-14-12(17-7-8)15-10-5-9(13)3-4-11(10)16-2/h3-5,8H,6-7H2,1-2H3,(H,14,15). The lowest BCUT2D eigenvalue weighted by Gasteiger charge is -2.19. The van der Waals surface area contributed by atoms with Crippen LogP contribution in [-0.4, -0.2) is 24.6 Å². The first-order valence-electron chi connectivity index (χ1n) is 5.47. The van der Waals surface area contributed by atoms with Crippen LogP contribution in [-0.2, 0) is 0 Å². The van der Waals surface area contributed by atoms with Crippen molar-refractivity contribution in [1.82, 2.24) is 0 Å². The normalized spacial score (nSPS) is 19.7. The van der Waals surface area contributed by atoms with E-state index in [-0.39, 0.29) is 0 Å². The van der Waals surface area contributed by atoms with Gasteiger partial charge in [0.2, 0.25) is 0 Å². The Morgan fingerprint density at radius 1 is 1.53 bits per heavy atom. The quantitative estimate of drug-likeness (QED) is 0.905. The van der Waals surface area contributed by atoms with E-state index >= 15 is 0 Å². The number of ether oxygens (including phenoxy) is 1. The van der Waals surface area contributed by atoms with E-state index in [0.29, 0.717) is 5.92 Å². The van der Waals surface area contributed by atoms with Crippen LogP contribution >= 0.6 is 27.7 Å². The molecule has 1 unspecified atom stereocenters. The maximum absolute atomic E-state index is 5.32. The molecule has 0 aromatic heterocycles. The molecular weight excluding hydrogens is 300 g/mol. The molecule has 0 spiro atoms. The highest BCUT2D eigenvalue weighted by molar-refractivity contribution is 9.10. The summed E-state index contributed by atoms with van der Waals surface area (Å²) in [5.74, 6) is 2.60. The molecule has 0 aliphatic carbocycles. The second-order valence-corrected chi connectivity index (χ2v) is 5.96. The van der Waals surface area contributed by atoms with Gasteiger partial charge in [-0.05, 0) is 24.1 Å². The molecule has 0 bridgehead atoms. The van der Waals surface area contributed by atoms with Crippen molar-refractivity contribution in [1.29, 1.82) is 0 Å². The zero-order chi connectivity index (χ0) is 12.3. The van der Waals surface area contributed by atoms with Gasteiger partial charge >= 0.3 is 0 Å². The molecule has 3 nitrogen and oxygen atoms in total. The highest BCUT2D eigenvalue weighted by atomic mass is 79.9. The first-order valence-corrected chi connectivity index (χ1v) is 7.24. The average molecular weight is 315 g/mol. The molecule has 1 aliphatic heterocycles. The molecule has 5 heteroatoms. The Morgan fingerprint density at radius 3 is 3.00 bits per heavy atom. The third-order valence-electron chi connectivity index (χ3n) is 2.45. The summed E-state index contributed by atoms with van der Waals surface area (Å²) in [5.41, 5.74) is 0.947. The van der Waals surface area contributed by atoms with Crippen LogP contribution in [0.3, 0.4) is 0 Å². The molecular formula is C12H15BrN2OS. The van der Waals surface area contributed by atoms with Gasteiger partial charge in [-0.25, -0.2) is 0 Å². The highest BCUT2D eigenvalue weighted by Gasteiger charge is 2.13. The summed E-state index contributed by atoms with van der Waals surface area (Å²) in [5, 5.41) is 4.29. The van der Waals surface area contributed by atoms with Crippen LogP contribution < -0.4 is 10.1 Å². The maximum atomic E-state index is 5.32. The molecule has 0 saturated carbocycles. The van der Waals surface area contributed by atoms with Gasteiger partial charge in [-0.3, -0.25) is 4.99 Å². The Kier molecular flexibility index (Phi) is 4.34. The van der Waals surface area contributed by atoms with Crippen molar-refractivity contribution in [2.75, 3.05) is 24.7 Å². The van der Waals surface area contributed by atoms with E-state index in [2.05, 4.69) is 33.2 Å². The fraction of sp³-hybridized carbons (Fsp3) is 0.417. The molecule has 0 fully saturated rings. The molecule has 1 aromatic rings. The van der Waals surface area contributed by atoms with Crippen molar-refractivity contribution in [3.63, 3.8) is 0 Å². The number of nitrogens with zero attached hydrogens (tertiary/aromatic N) is 1. The van der Waals surface area contributed by atoms with Crippen molar-refractivity contribution < 1.29 is 4.74 Å². The topological polar surface area (TPSA) is 33.6 Å². The number of methoxy groups -OCH3 is 1. The first-order chi connectivity index (χ1) is 8.19. The summed E-state index contributed by atoms with van der Waals surface area (Å²) in [6.45, 7) is 3.11. The third-order valence-corrected chi connectivity index (χ3v) is 4.19. The van der Waals surface area contributed by atoms with Crippen molar-refractivity contribution in [3.8, 4) is 5.75 Å². The summed E-state index contributed by atoms with van der Waals surface area (Å²) in [6, 6.07) is 5.89. The average Bonchev–Trinajstić information content (AvgIpc) is 2.32. The molecule has 1 aromatic carbocycles. The fourth-order valence-corrected chi connectivity index (χ4v) is 2.78. The number of hydrogen-bond donors (Lipinski definition) is 1. The van der Waals surface area contributed by atoms with Crippen LogP contribution in [0.4, 0.5) is 5.69 Å². The molecule has 1 aliphatic rings. The fourth-order valence-electron chi connectivity index (χ4n) is 1.53. The van der Waals surface area contributed by atoms with Crippen LogP contribution in [0.2, 0.25) is 0 Å². The Labute approximate surface area is 114 Å². The first kappa shape index (κ1) is 12.8. The van der Waals surface area contributed by atoms with E-state index < -0.39 is 0 Å². The van der Waals surface area contributed by atoms with Gasteiger partial charge in [0.25, 0.3) is 0 Å². The number of hydrogen-bond acceptors (Lipinski definition) is 4. The molecule has 92 valence electrons. The summed E-state index contributed by atoms with van der Waals surface area (Å²) in [7, 11) is 1.67. The van der Waals surface area contributed by atoms with Crippen LogP contribution in [0.1, 0.15) is 6.92 Å². The summed E-state index contributed by atoms with van der Waals surface area (Å²) in [4.78, 5) is 4.51. The monoisotopic (exact) mass is 314 g/mol. The second-order valence-electron chi connectivity index (χ2n) is 4.03. The molecule has 1 N–H and O–H groups in total. The molecule has 17 heavy (non-hydrogen) atoms. The summed E-state index contributed by atoms with van der Waals surface area (Å²) >= 11 is 5.22. The lowest BCUT2D eigenvalue weighted by Crippen LogP contribution is -2.19. The largest absolute Gasteiger partial charge is 0.495 e. The minimum Gasteiger partial charge on any atom is -0.495 e. The SMILES string of the molecule is COc1ccc(Br)cc1NC1=NCC(C)CS1. The van der Waals surface area contributed by atoms with Gasteiger partial charge < -0.3 is 10.1 Å². The number of halogens is 1. The van der Waals surface area contributed by atoms with Gasteiger partial charge in [-0.2, -0.15) is 0 Å².